The van der Waals surface area contributed by atoms with Gasteiger partial charge in [0.15, 0.2) is 0 Å². The largest absolute Gasteiger partial charge is 0.497 e. The normalized spacial score (nSPS) is 16.0. The van der Waals surface area contributed by atoms with E-state index in [1.807, 2.05) is 43.3 Å². The first-order chi connectivity index (χ1) is 11.9. The van der Waals surface area contributed by atoms with Crippen molar-refractivity contribution in [3.63, 3.8) is 0 Å². The van der Waals surface area contributed by atoms with Gasteiger partial charge in [-0.15, -0.1) is 0 Å². The number of methoxy groups -OCH3 is 1. The first-order valence-electron chi connectivity index (χ1n) is 7.60. The molecule has 1 saturated heterocycles. The molecule has 0 N–H and O–H groups in total. The molecule has 0 atom stereocenters. The molecule has 1 fully saturated rings. The summed E-state index contributed by atoms with van der Waals surface area (Å²) in [6.07, 6.45) is 1.75. The highest BCUT2D eigenvalue weighted by molar-refractivity contribution is 8.26. The Balaban J connectivity index is 1.98. The van der Waals surface area contributed by atoms with Gasteiger partial charge in [-0.2, -0.15) is 0 Å². The minimum atomic E-state index is -0.469. The monoisotopic (exact) mass is 380 g/mol. The zero-order valence-corrected chi connectivity index (χ0v) is 16.0. The smallest absolute Gasteiger partial charge is 0.326 e. The van der Waals surface area contributed by atoms with Crippen molar-refractivity contribution in [2.45, 2.75) is 0 Å². The van der Waals surface area contributed by atoms with Crippen LogP contribution in [0.5, 0.6) is 5.75 Å². The average molecular weight is 380 g/mol. The number of hydrogen-bond donors (Lipinski definition) is 0. The molecule has 1 aliphatic heterocycles. The van der Waals surface area contributed by atoms with Gasteiger partial charge in [0.05, 0.1) is 12.0 Å². The third-order valence-electron chi connectivity index (χ3n) is 3.38. The van der Waals surface area contributed by atoms with Crippen molar-refractivity contribution in [3.8, 4) is 5.75 Å². The van der Waals surface area contributed by atoms with Gasteiger partial charge in [-0.1, -0.05) is 36.1 Å². The van der Waals surface area contributed by atoms with Crippen LogP contribution in [-0.2, 0) is 14.3 Å². The van der Waals surface area contributed by atoms with Crippen molar-refractivity contribution in [2.75, 3.05) is 40.9 Å². The second-order valence-corrected chi connectivity index (χ2v) is 7.24. The fourth-order valence-corrected chi connectivity index (χ4v) is 3.26. The predicted octanol–water partition coefficient (Wildman–Crippen LogP) is 2.00. The second kappa shape index (κ2) is 8.98. The molecular weight excluding hydrogens is 360 g/mol. The number of likely N-dealkylation sites (N-methyl/N-ethyl adjacent to an activating group) is 1. The highest BCUT2D eigenvalue weighted by Crippen LogP contribution is 2.32. The number of thioether (sulfide) groups is 1. The summed E-state index contributed by atoms with van der Waals surface area (Å²) in [5.74, 6) is -0.00982. The van der Waals surface area contributed by atoms with Crippen LogP contribution in [-0.4, -0.2) is 66.9 Å². The number of carbonyl (C=O) groups excluding carboxylic acids is 2. The molecule has 0 aliphatic carbocycles. The molecule has 6 nitrogen and oxygen atoms in total. The Morgan fingerprint density at radius 1 is 1.32 bits per heavy atom. The van der Waals surface area contributed by atoms with Gasteiger partial charge >= 0.3 is 5.97 Å². The molecule has 1 heterocycles. The van der Waals surface area contributed by atoms with Crippen LogP contribution in [0.1, 0.15) is 5.56 Å². The van der Waals surface area contributed by atoms with Gasteiger partial charge in [0, 0.05) is 6.54 Å². The van der Waals surface area contributed by atoms with Gasteiger partial charge < -0.3 is 14.4 Å². The second-order valence-electron chi connectivity index (χ2n) is 5.56. The molecule has 1 aliphatic rings. The van der Waals surface area contributed by atoms with Crippen molar-refractivity contribution >= 4 is 46.3 Å². The van der Waals surface area contributed by atoms with E-state index < -0.39 is 5.97 Å². The van der Waals surface area contributed by atoms with Gasteiger partial charge in [0.25, 0.3) is 5.91 Å². The molecule has 0 bridgehead atoms. The maximum atomic E-state index is 12.5. The van der Waals surface area contributed by atoms with Crippen LogP contribution in [0, 0.1) is 0 Å². The molecule has 8 heteroatoms. The van der Waals surface area contributed by atoms with E-state index >= 15 is 0 Å². The molecule has 134 valence electrons. The van der Waals surface area contributed by atoms with Crippen LogP contribution in [0.3, 0.4) is 0 Å². The average Bonchev–Trinajstić information content (AvgIpc) is 2.83. The predicted molar refractivity (Wildman–Crippen MR) is 102 cm³/mol. The van der Waals surface area contributed by atoms with Gasteiger partial charge in [-0.3, -0.25) is 14.5 Å². The zero-order chi connectivity index (χ0) is 18.4. The van der Waals surface area contributed by atoms with Gasteiger partial charge in [-0.05, 0) is 37.9 Å². The summed E-state index contributed by atoms with van der Waals surface area (Å²) < 4.78 is 10.6. The molecular formula is C17H20N2O4S2. The molecule has 1 aromatic carbocycles. The van der Waals surface area contributed by atoms with Crippen molar-refractivity contribution in [2.24, 2.45) is 0 Å². The molecule has 0 saturated carbocycles. The van der Waals surface area contributed by atoms with E-state index in [9.17, 15) is 9.59 Å². The highest BCUT2D eigenvalue weighted by atomic mass is 32.2. The van der Waals surface area contributed by atoms with E-state index in [0.717, 1.165) is 11.3 Å². The van der Waals surface area contributed by atoms with E-state index in [0.29, 0.717) is 15.8 Å². The summed E-state index contributed by atoms with van der Waals surface area (Å²) in [6, 6.07) is 7.32. The lowest BCUT2D eigenvalue weighted by Crippen LogP contribution is -2.35. The molecule has 0 aromatic heterocycles. The molecule has 0 spiro atoms. The number of carbonyl (C=O) groups is 2. The lowest BCUT2D eigenvalue weighted by Gasteiger charge is -2.14. The Morgan fingerprint density at radius 2 is 2.00 bits per heavy atom. The lowest BCUT2D eigenvalue weighted by molar-refractivity contribution is -0.146. The SMILES string of the molecule is COc1ccc(/C=C2\SC(=S)N(CC(=O)OCCN(C)C)C2=O)cc1. The van der Waals surface area contributed by atoms with Gasteiger partial charge in [-0.25, -0.2) is 0 Å². The number of esters is 1. The Bertz CT molecular complexity index is 686. The fourth-order valence-electron chi connectivity index (χ4n) is 2.00. The number of thiocarbonyl (C=S) groups is 1. The summed E-state index contributed by atoms with van der Waals surface area (Å²) in [4.78, 5) is 28.0. The van der Waals surface area contributed by atoms with Crippen molar-refractivity contribution in [3.05, 3.63) is 34.7 Å². The van der Waals surface area contributed by atoms with E-state index in [1.54, 1.807) is 13.2 Å². The first-order valence-corrected chi connectivity index (χ1v) is 8.83. The van der Waals surface area contributed by atoms with Crippen LogP contribution < -0.4 is 4.74 Å². The van der Waals surface area contributed by atoms with Crippen LogP contribution >= 0.6 is 24.0 Å². The number of benzene rings is 1. The Morgan fingerprint density at radius 3 is 2.60 bits per heavy atom. The molecule has 25 heavy (non-hydrogen) atoms. The van der Waals surface area contributed by atoms with Crippen molar-refractivity contribution in [1.82, 2.24) is 9.80 Å². The Labute approximate surface area is 156 Å². The van der Waals surface area contributed by atoms with Gasteiger partial charge in [0.1, 0.15) is 23.2 Å². The van der Waals surface area contributed by atoms with Crippen LogP contribution in [0.25, 0.3) is 6.08 Å². The Kier molecular flexibility index (Phi) is 6.98. The molecule has 0 radical (unpaired) electrons. The van der Waals surface area contributed by atoms with Crippen LogP contribution in [0.15, 0.2) is 29.2 Å². The lowest BCUT2D eigenvalue weighted by atomic mass is 10.2. The van der Waals surface area contributed by atoms with Crippen molar-refractivity contribution < 1.29 is 19.1 Å². The van der Waals surface area contributed by atoms with E-state index in [-0.39, 0.29) is 19.1 Å². The third-order valence-corrected chi connectivity index (χ3v) is 4.75. The maximum Gasteiger partial charge on any atom is 0.326 e. The number of hydrogen-bond acceptors (Lipinski definition) is 7. The minimum absolute atomic E-state index is 0.169. The zero-order valence-electron chi connectivity index (χ0n) is 14.4. The number of amides is 1. The fraction of sp³-hybridized carbons (Fsp3) is 0.353. The maximum absolute atomic E-state index is 12.5. The third kappa shape index (κ3) is 5.55. The summed E-state index contributed by atoms with van der Waals surface area (Å²) >= 11 is 6.39. The number of nitrogens with zero attached hydrogens (tertiary/aromatic N) is 2. The van der Waals surface area contributed by atoms with Crippen molar-refractivity contribution in [1.29, 1.82) is 0 Å². The summed E-state index contributed by atoms with van der Waals surface area (Å²) in [7, 11) is 5.37. The molecule has 1 amide bonds. The molecule has 2 rings (SSSR count). The topological polar surface area (TPSA) is 59.1 Å². The quantitative estimate of drug-likeness (QED) is 0.407. The van der Waals surface area contributed by atoms with E-state index in [1.165, 1.54) is 16.7 Å². The molecule has 1 aromatic rings. The number of ether oxygens (including phenoxy) is 2. The summed E-state index contributed by atoms with van der Waals surface area (Å²) in [6.45, 7) is 0.738. The van der Waals surface area contributed by atoms with Gasteiger partial charge in [0.2, 0.25) is 0 Å². The summed E-state index contributed by atoms with van der Waals surface area (Å²) in [5.41, 5.74) is 0.856. The minimum Gasteiger partial charge on any atom is -0.497 e. The standard InChI is InChI=1S/C17H20N2O4S2/c1-18(2)8-9-23-15(20)11-19-16(21)14(25-17(19)24)10-12-4-6-13(22-3)7-5-12/h4-7,10H,8-9,11H2,1-3H3/b14-10-. The Hall–Kier alpha value is -1.90. The van der Waals surface area contributed by atoms with E-state index in [4.69, 9.17) is 21.7 Å². The van der Waals surface area contributed by atoms with Crippen LogP contribution in [0.2, 0.25) is 0 Å². The molecule has 0 unspecified atom stereocenters. The van der Waals surface area contributed by atoms with E-state index in [2.05, 4.69) is 0 Å². The first kappa shape index (κ1) is 19.4. The van der Waals surface area contributed by atoms with Crippen LogP contribution in [0.4, 0.5) is 0 Å². The number of rotatable bonds is 7. The summed E-state index contributed by atoms with van der Waals surface area (Å²) in [5, 5.41) is 0. The highest BCUT2D eigenvalue weighted by Gasteiger charge is 2.33.